The van der Waals surface area contributed by atoms with Gasteiger partial charge in [-0.05, 0) is 28.3 Å². The molecule has 1 aliphatic heterocycles. The number of H-pyrrole nitrogens is 1. The van der Waals surface area contributed by atoms with Crippen LogP contribution in [0.25, 0.3) is 22.5 Å². The molecule has 0 saturated carbocycles. The van der Waals surface area contributed by atoms with E-state index in [9.17, 15) is 18.0 Å². The first-order valence-electron chi connectivity index (χ1n) is 13.4. The standard InChI is InChI=1S/C28H30F3N7O3/c1-2-5-24-23(27(38(34-24)18-28(29,30)31)41-17-25(39)37-12-14-40-15-13-37)16-19-8-10-20(11-9-19)21-6-3-4-7-22(21)26-32-35-36-33-26/h3-4,6-11H,2,5,12-18H2,1H3,(H,32,33,35,36). The highest BCUT2D eigenvalue weighted by molar-refractivity contribution is 5.80. The fraction of sp³-hybridized carbons (Fsp3) is 0.393. The number of aryl methyl sites for hydroxylation is 1. The van der Waals surface area contributed by atoms with E-state index in [1.807, 2.05) is 55.5 Å². The van der Waals surface area contributed by atoms with Gasteiger partial charge in [-0.25, -0.2) is 4.68 Å². The highest BCUT2D eigenvalue weighted by Gasteiger charge is 2.32. The van der Waals surface area contributed by atoms with Gasteiger partial charge in [-0.1, -0.05) is 61.9 Å². The Morgan fingerprint density at radius 2 is 1.80 bits per heavy atom. The summed E-state index contributed by atoms with van der Waals surface area (Å²) in [5, 5.41) is 18.6. The van der Waals surface area contributed by atoms with Crippen molar-refractivity contribution in [2.45, 2.75) is 38.9 Å². The molecule has 0 radical (unpaired) electrons. The molecular weight excluding hydrogens is 539 g/mol. The molecule has 0 spiro atoms. The molecule has 2 aromatic carbocycles. The van der Waals surface area contributed by atoms with Crippen LogP contribution in [0, 0.1) is 0 Å². The Labute approximate surface area is 234 Å². The number of aromatic amines is 1. The molecule has 1 amide bonds. The minimum Gasteiger partial charge on any atom is -0.468 e. The highest BCUT2D eigenvalue weighted by atomic mass is 19.4. The molecule has 0 bridgehead atoms. The lowest BCUT2D eigenvalue weighted by Crippen LogP contribution is -2.43. The normalized spacial score (nSPS) is 13.9. The van der Waals surface area contributed by atoms with Gasteiger partial charge in [0.05, 0.1) is 18.9 Å². The number of halogens is 3. The number of carbonyl (C=O) groups excluding carboxylic acids is 1. The first kappa shape index (κ1) is 28.3. The number of aromatic nitrogens is 6. The predicted molar refractivity (Wildman–Crippen MR) is 143 cm³/mol. The molecule has 13 heteroatoms. The van der Waals surface area contributed by atoms with Crippen LogP contribution in [0.5, 0.6) is 5.88 Å². The lowest BCUT2D eigenvalue weighted by Gasteiger charge is -2.26. The van der Waals surface area contributed by atoms with E-state index in [0.29, 0.717) is 62.6 Å². The smallest absolute Gasteiger partial charge is 0.408 e. The Morgan fingerprint density at radius 3 is 2.46 bits per heavy atom. The van der Waals surface area contributed by atoms with Crippen LogP contribution in [0.4, 0.5) is 13.2 Å². The summed E-state index contributed by atoms with van der Waals surface area (Å²) in [6, 6.07) is 15.4. The SMILES string of the molecule is CCCc1nn(CC(F)(F)F)c(OCC(=O)N2CCOCC2)c1Cc1ccc(-c2ccccc2-c2nn[nH]n2)cc1. The topological polar surface area (TPSA) is 111 Å². The number of ether oxygens (including phenoxy) is 2. The summed E-state index contributed by atoms with van der Waals surface area (Å²) in [5.74, 6) is 0.138. The average Bonchev–Trinajstić information content (AvgIpc) is 3.61. The van der Waals surface area contributed by atoms with Gasteiger partial charge in [0.25, 0.3) is 5.91 Å². The van der Waals surface area contributed by atoms with Crippen molar-refractivity contribution >= 4 is 5.91 Å². The lowest BCUT2D eigenvalue weighted by atomic mass is 9.96. The molecule has 1 saturated heterocycles. The van der Waals surface area contributed by atoms with Crippen LogP contribution in [0.3, 0.4) is 0 Å². The van der Waals surface area contributed by atoms with Gasteiger partial charge in [0, 0.05) is 30.6 Å². The van der Waals surface area contributed by atoms with E-state index in [4.69, 9.17) is 9.47 Å². The van der Waals surface area contributed by atoms with Crippen LogP contribution in [0.1, 0.15) is 30.2 Å². The maximum Gasteiger partial charge on any atom is 0.408 e. The van der Waals surface area contributed by atoms with Crippen molar-refractivity contribution in [2.75, 3.05) is 32.9 Å². The molecule has 1 aliphatic rings. The van der Waals surface area contributed by atoms with Crippen molar-refractivity contribution in [1.29, 1.82) is 0 Å². The fourth-order valence-corrected chi connectivity index (χ4v) is 4.83. The minimum absolute atomic E-state index is 0.0288. The Kier molecular flexibility index (Phi) is 8.62. The monoisotopic (exact) mass is 569 g/mol. The van der Waals surface area contributed by atoms with Crippen molar-refractivity contribution < 1.29 is 27.4 Å². The van der Waals surface area contributed by atoms with E-state index >= 15 is 0 Å². The summed E-state index contributed by atoms with van der Waals surface area (Å²) >= 11 is 0. The molecule has 3 heterocycles. The third kappa shape index (κ3) is 6.91. The second-order valence-electron chi connectivity index (χ2n) is 9.69. The number of nitrogens with zero attached hydrogens (tertiary/aromatic N) is 6. The van der Waals surface area contributed by atoms with Crippen molar-refractivity contribution in [3.63, 3.8) is 0 Å². The van der Waals surface area contributed by atoms with E-state index in [1.54, 1.807) is 4.90 Å². The van der Waals surface area contributed by atoms with Crippen LogP contribution < -0.4 is 4.74 Å². The van der Waals surface area contributed by atoms with E-state index < -0.39 is 12.7 Å². The molecule has 4 aromatic rings. The summed E-state index contributed by atoms with van der Waals surface area (Å²) in [5.41, 5.74) is 4.58. The van der Waals surface area contributed by atoms with E-state index in [2.05, 4.69) is 25.7 Å². The van der Waals surface area contributed by atoms with Gasteiger partial charge in [-0.2, -0.15) is 23.5 Å². The summed E-state index contributed by atoms with van der Waals surface area (Å²) in [7, 11) is 0. The molecule has 1 N–H and O–H groups in total. The Hall–Kier alpha value is -4.26. The molecule has 0 unspecified atom stereocenters. The van der Waals surface area contributed by atoms with Gasteiger partial charge in [0.1, 0.15) is 6.54 Å². The molecular formula is C28H30F3N7O3. The fourth-order valence-electron chi connectivity index (χ4n) is 4.83. The zero-order valence-corrected chi connectivity index (χ0v) is 22.5. The summed E-state index contributed by atoms with van der Waals surface area (Å²) in [6.45, 7) is 1.91. The molecule has 2 aromatic heterocycles. The number of morpholine rings is 1. The number of hydrogen-bond donors (Lipinski definition) is 1. The Balaban J connectivity index is 1.43. The molecule has 0 atom stereocenters. The predicted octanol–water partition coefficient (Wildman–Crippen LogP) is 4.07. The third-order valence-electron chi connectivity index (χ3n) is 6.75. The molecule has 0 aliphatic carbocycles. The van der Waals surface area contributed by atoms with Crippen LogP contribution in [-0.2, 0) is 28.9 Å². The molecule has 1 fully saturated rings. The third-order valence-corrected chi connectivity index (χ3v) is 6.75. The first-order valence-corrected chi connectivity index (χ1v) is 13.4. The van der Waals surface area contributed by atoms with Crippen molar-refractivity contribution in [2.24, 2.45) is 0 Å². The largest absolute Gasteiger partial charge is 0.468 e. The first-order chi connectivity index (χ1) is 19.8. The van der Waals surface area contributed by atoms with Gasteiger partial charge in [-0.15, -0.1) is 10.2 Å². The lowest BCUT2D eigenvalue weighted by molar-refractivity contribution is -0.144. The van der Waals surface area contributed by atoms with E-state index in [-0.39, 0.29) is 18.4 Å². The molecule has 41 heavy (non-hydrogen) atoms. The minimum atomic E-state index is -4.51. The van der Waals surface area contributed by atoms with Crippen LogP contribution in [0.15, 0.2) is 48.5 Å². The van der Waals surface area contributed by atoms with Crippen LogP contribution in [0.2, 0.25) is 0 Å². The number of hydrogen-bond acceptors (Lipinski definition) is 7. The maximum absolute atomic E-state index is 13.5. The average molecular weight is 570 g/mol. The number of tetrazole rings is 1. The van der Waals surface area contributed by atoms with Crippen molar-refractivity contribution in [3.05, 3.63) is 65.4 Å². The molecule has 216 valence electrons. The summed E-state index contributed by atoms with van der Waals surface area (Å²) < 4.78 is 52.4. The second kappa shape index (κ2) is 12.5. The zero-order chi connectivity index (χ0) is 28.8. The van der Waals surface area contributed by atoms with Gasteiger partial charge in [0.2, 0.25) is 11.7 Å². The second-order valence-corrected chi connectivity index (χ2v) is 9.69. The summed E-state index contributed by atoms with van der Waals surface area (Å²) in [6.07, 6.45) is -3.05. The van der Waals surface area contributed by atoms with Gasteiger partial charge < -0.3 is 14.4 Å². The number of carbonyl (C=O) groups is 1. The van der Waals surface area contributed by atoms with E-state index in [0.717, 1.165) is 26.9 Å². The van der Waals surface area contributed by atoms with Crippen molar-refractivity contribution in [3.8, 4) is 28.4 Å². The van der Waals surface area contributed by atoms with Crippen LogP contribution in [-0.4, -0.2) is 80.3 Å². The number of rotatable bonds is 10. The molecule has 5 rings (SSSR count). The number of amides is 1. The van der Waals surface area contributed by atoms with Crippen LogP contribution >= 0.6 is 0 Å². The Bertz CT molecular complexity index is 1450. The molecule has 10 nitrogen and oxygen atoms in total. The maximum atomic E-state index is 13.5. The summed E-state index contributed by atoms with van der Waals surface area (Å²) in [4.78, 5) is 14.3. The zero-order valence-electron chi connectivity index (χ0n) is 22.5. The highest BCUT2D eigenvalue weighted by Crippen LogP contribution is 2.32. The number of benzene rings is 2. The quantitative estimate of drug-likeness (QED) is 0.307. The number of alkyl halides is 3. The van der Waals surface area contributed by atoms with Gasteiger partial charge in [0.15, 0.2) is 6.61 Å². The van der Waals surface area contributed by atoms with Gasteiger partial charge >= 0.3 is 6.18 Å². The number of nitrogens with one attached hydrogen (secondary N) is 1. The van der Waals surface area contributed by atoms with Crippen molar-refractivity contribution in [1.82, 2.24) is 35.3 Å². The van der Waals surface area contributed by atoms with Gasteiger partial charge in [-0.3, -0.25) is 4.79 Å². The Morgan fingerprint density at radius 1 is 1.07 bits per heavy atom. The van der Waals surface area contributed by atoms with E-state index in [1.165, 1.54) is 0 Å².